The van der Waals surface area contributed by atoms with Crippen LogP contribution in [0.25, 0.3) is 45.0 Å². The van der Waals surface area contributed by atoms with Gasteiger partial charge in [0, 0.05) is 157 Å². The second kappa shape index (κ2) is 52.1. The van der Waals surface area contributed by atoms with Crippen molar-refractivity contribution >= 4 is 23.9 Å². The van der Waals surface area contributed by atoms with Crippen LogP contribution in [-0.4, -0.2) is 104 Å². The molecule has 0 amide bonds. The number of carboxylic acid groups (broad SMARTS) is 4. The van der Waals surface area contributed by atoms with Gasteiger partial charge in [-0.2, -0.15) is 0 Å². The molecule has 0 aliphatic heterocycles. The van der Waals surface area contributed by atoms with Crippen LogP contribution in [0, 0.1) is 24.3 Å². The maximum Gasteiger partial charge on any atom is 0.354 e. The molecule has 13 aromatic rings. The van der Waals surface area contributed by atoms with Gasteiger partial charge in [0.15, 0.2) is 0 Å². The Kier molecular flexibility index (Phi) is 44.7. The number of aromatic carboxylic acids is 4. The Balaban J connectivity index is 0.000000408. The molecule has 0 radical (unpaired) electrons. The summed E-state index contributed by atoms with van der Waals surface area (Å²) in [6.45, 7) is 6.64. The first-order valence-corrected chi connectivity index (χ1v) is 30.6. The smallest absolute Gasteiger partial charge is 0.354 e. The molecular formula is C80H68N8O12Pt4-4. The Hall–Kier alpha value is -10.9. The molecule has 0 aliphatic carbocycles. The van der Waals surface area contributed by atoms with E-state index in [1.165, 1.54) is 49.1 Å². The number of hydrogen-bond donors (Lipinski definition) is 4. The zero-order valence-corrected chi connectivity index (χ0v) is 65.1. The fourth-order valence-electron chi connectivity index (χ4n) is 7.98. The van der Waals surface area contributed by atoms with E-state index in [-0.39, 0.29) is 113 Å². The van der Waals surface area contributed by atoms with E-state index in [9.17, 15) is 19.2 Å². The molecule has 104 heavy (non-hydrogen) atoms. The second-order valence-electron chi connectivity index (χ2n) is 19.8. The first kappa shape index (κ1) is 89.2. The van der Waals surface area contributed by atoms with Gasteiger partial charge in [-0.3, -0.25) is 0 Å². The molecule has 0 spiro atoms. The number of nitrogens with zero attached hydrogens (tertiary/aromatic N) is 8. The molecule has 0 fully saturated rings. The van der Waals surface area contributed by atoms with Crippen molar-refractivity contribution in [1.29, 1.82) is 0 Å². The molecule has 5 aromatic carbocycles. The summed E-state index contributed by atoms with van der Waals surface area (Å²) < 4.78 is 22.4. The van der Waals surface area contributed by atoms with Crippen molar-refractivity contribution in [3.8, 4) is 73.8 Å². The van der Waals surface area contributed by atoms with E-state index in [2.05, 4.69) is 64.1 Å². The maximum atomic E-state index is 10.1. The van der Waals surface area contributed by atoms with Gasteiger partial charge in [-0.25, -0.2) is 39.1 Å². The fourth-order valence-corrected chi connectivity index (χ4v) is 7.98. The predicted molar refractivity (Wildman–Crippen MR) is 379 cm³/mol. The van der Waals surface area contributed by atoms with Crippen LogP contribution >= 0.6 is 0 Å². The van der Waals surface area contributed by atoms with Crippen LogP contribution in [0.3, 0.4) is 0 Å². The summed E-state index contributed by atoms with van der Waals surface area (Å²) in [5.41, 5.74) is 7.43. The van der Waals surface area contributed by atoms with Gasteiger partial charge in [0.25, 0.3) is 0 Å². The average Bonchev–Trinajstić information content (AvgIpc) is 0.855. The van der Waals surface area contributed by atoms with E-state index >= 15 is 0 Å². The summed E-state index contributed by atoms with van der Waals surface area (Å²) in [7, 11) is 1.65. The Morgan fingerprint density at radius 1 is 0.337 bits per heavy atom. The minimum atomic E-state index is -0.990. The normalized spacial score (nSPS) is 9.28. The van der Waals surface area contributed by atoms with Crippen molar-refractivity contribution in [2.75, 3.05) is 13.7 Å². The monoisotopic (exact) mass is 2110 g/mol. The van der Waals surface area contributed by atoms with E-state index in [1.54, 1.807) is 80.4 Å². The number of hydrogen-bond acceptors (Lipinski definition) is 16. The van der Waals surface area contributed by atoms with E-state index < -0.39 is 23.9 Å². The van der Waals surface area contributed by atoms with Crippen LogP contribution in [0.4, 0.5) is 0 Å². The molecule has 8 aromatic heterocycles. The Labute approximate surface area is 660 Å². The third kappa shape index (κ3) is 32.8. The number of aromatic nitrogens is 8. The van der Waals surface area contributed by atoms with Crippen molar-refractivity contribution in [1.82, 2.24) is 39.9 Å². The molecule has 0 saturated carbocycles. The van der Waals surface area contributed by atoms with Crippen LogP contribution < -0.4 is 18.9 Å². The molecule has 544 valence electrons. The zero-order chi connectivity index (χ0) is 71.4. The molecule has 0 unspecified atom stereocenters. The topological polar surface area (TPSA) is 289 Å². The van der Waals surface area contributed by atoms with Crippen molar-refractivity contribution in [3.63, 3.8) is 0 Å². The Morgan fingerprint density at radius 3 is 0.875 bits per heavy atom. The Bertz CT molecular complexity index is 4280. The van der Waals surface area contributed by atoms with Crippen LogP contribution in [-0.2, 0) is 84.3 Å². The quantitative estimate of drug-likeness (QED) is 0.0694. The minimum Gasteiger partial charge on any atom is -0.540 e. The number of para-hydroxylation sites is 1. The van der Waals surface area contributed by atoms with Crippen molar-refractivity contribution in [2.24, 2.45) is 0 Å². The summed E-state index contributed by atoms with van der Waals surface area (Å²) in [6.07, 6.45) is 13.0. The van der Waals surface area contributed by atoms with Gasteiger partial charge >= 0.3 is 23.9 Å². The average molecular weight is 2110 g/mol. The molecule has 24 heteroatoms. The standard InChI is InChI=1S/C17H12NO.C14H14NO.C13H12NO.C12H10NO.4C6H5NO2.4Pt/c1-2-8-14(9-3-1)19-17-12-5-4-10-15(17)16-11-6-7-13-18-16;1-11(2)16-14-9-4-3-7-12(14)13-8-5-6-10-15-13;1-2-15-13-9-4-3-7-11(13)12-8-5-6-10-14-12;1-14-12-8-3-2-6-10(12)11-7-4-5-9-13-11;4*8-6(9)5-3-1-2-4-7-5;;;;/h1-9,11-13H;3-6,8-11H,1-2H3;3-6,8-10H,2H2,1H3;2-5,7-9H,1H3;4*1-4H,(H,8,9);;;;/q4*-1;;;;;;;;. The van der Waals surface area contributed by atoms with E-state index in [0.717, 1.165) is 73.8 Å². The first-order valence-electron chi connectivity index (χ1n) is 30.6. The molecule has 0 bridgehead atoms. The number of ether oxygens (including phenoxy) is 4. The van der Waals surface area contributed by atoms with E-state index in [4.69, 9.17) is 39.4 Å². The van der Waals surface area contributed by atoms with Crippen LogP contribution in [0.5, 0.6) is 28.7 Å². The number of benzene rings is 5. The van der Waals surface area contributed by atoms with Crippen LogP contribution in [0.1, 0.15) is 62.7 Å². The summed E-state index contributed by atoms with van der Waals surface area (Å²) in [5.74, 6) is 0.0604. The summed E-state index contributed by atoms with van der Waals surface area (Å²) in [4.78, 5) is 72.0. The van der Waals surface area contributed by atoms with E-state index in [1.807, 2.05) is 197 Å². The number of carbonyl (C=O) groups is 4. The third-order valence-electron chi connectivity index (χ3n) is 12.3. The van der Waals surface area contributed by atoms with Gasteiger partial charge in [-0.1, -0.05) is 113 Å². The predicted octanol–water partition coefficient (Wildman–Crippen LogP) is 16.3. The number of pyridine rings is 8. The molecular weight excluding hydrogens is 2050 g/mol. The second-order valence-corrected chi connectivity index (χ2v) is 19.8. The molecule has 8 heterocycles. The van der Waals surface area contributed by atoms with Crippen molar-refractivity contribution in [3.05, 3.63) is 345 Å². The van der Waals surface area contributed by atoms with Gasteiger partial charge in [0.1, 0.15) is 28.5 Å². The zero-order valence-electron chi connectivity index (χ0n) is 56.0. The minimum absolute atomic E-state index is 0. The molecule has 0 atom stereocenters. The number of carboxylic acids is 4. The molecule has 4 N–H and O–H groups in total. The first-order chi connectivity index (χ1) is 48.8. The van der Waals surface area contributed by atoms with Gasteiger partial charge in [0.2, 0.25) is 0 Å². The summed E-state index contributed by atoms with van der Waals surface area (Å²) in [5, 5.41) is 33.3. The van der Waals surface area contributed by atoms with Crippen molar-refractivity contribution < 1.29 is 143 Å². The Morgan fingerprint density at radius 2 is 0.606 bits per heavy atom. The SMILES string of the molecule is CC(C)Oc1ccc[c-]c1-c1ccccn1.CCOc1ccc[c-]c1-c1ccccn1.COc1ccc[c-]c1-c1ccccn1.O=C(O)c1ccccn1.O=C(O)c1ccccn1.O=C(O)c1ccccn1.O=C(O)c1ccccn1.[Pt].[Pt].[Pt].[Pt].[c-]1cccc(Oc2ccccc2)c1-c1ccccn1. The molecule has 20 nitrogen and oxygen atoms in total. The van der Waals surface area contributed by atoms with Gasteiger partial charge in [-0.05, 0) is 128 Å². The van der Waals surface area contributed by atoms with Crippen LogP contribution in [0.15, 0.2) is 298 Å². The largest absolute Gasteiger partial charge is 0.540 e. The van der Waals surface area contributed by atoms with Crippen molar-refractivity contribution in [2.45, 2.75) is 26.9 Å². The number of methoxy groups -OCH3 is 1. The third-order valence-corrected chi connectivity index (χ3v) is 12.3. The van der Waals surface area contributed by atoms with Crippen LogP contribution in [0.2, 0.25) is 0 Å². The summed E-state index contributed by atoms with van der Waals surface area (Å²) in [6, 6.07) is 87.3. The molecule has 0 aliphatic rings. The molecule has 0 saturated heterocycles. The fraction of sp³-hybridized carbons (Fsp3) is 0.0750. The molecule has 13 rings (SSSR count). The van der Waals surface area contributed by atoms with Gasteiger partial charge < -0.3 is 59.3 Å². The summed E-state index contributed by atoms with van der Waals surface area (Å²) >= 11 is 0. The van der Waals surface area contributed by atoms with Gasteiger partial charge in [0.05, 0.1) is 19.8 Å². The van der Waals surface area contributed by atoms with E-state index in [0.29, 0.717) is 6.61 Å². The maximum absolute atomic E-state index is 10.1. The number of rotatable bonds is 15. The van der Waals surface area contributed by atoms with Gasteiger partial charge in [-0.15, -0.1) is 97.1 Å².